The number of nitrogens with two attached hydrogens (primary N) is 1. The number of rotatable bonds is 1. The third kappa shape index (κ3) is 1.96. The van der Waals surface area contributed by atoms with E-state index in [1.165, 1.54) is 0 Å². The molecule has 0 radical (unpaired) electrons. The largest absolute Gasteiger partial charge is 0.472 e. The fourth-order valence-corrected chi connectivity index (χ4v) is 2.36. The second kappa shape index (κ2) is 3.97. The molecule has 1 unspecified atom stereocenters. The lowest BCUT2D eigenvalue weighted by molar-refractivity contribution is 0.0468. The molecule has 1 aromatic carbocycles. The normalized spacial score (nSPS) is 22.1. The molecule has 1 atom stereocenters. The van der Waals surface area contributed by atoms with E-state index in [4.69, 9.17) is 27.3 Å². The van der Waals surface area contributed by atoms with Crippen LogP contribution in [-0.4, -0.2) is 5.60 Å². The van der Waals surface area contributed by atoms with E-state index in [1.54, 1.807) is 12.1 Å². The second-order valence-corrected chi connectivity index (χ2v) is 5.02. The molecule has 88 valence electrons. The Hall–Kier alpha value is -1.66. The number of hydrogen-bond donors (Lipinski definition) is 1. The van der Waals surface area contributed by atoms with Crippen LogP contribution in [0.15, 0.2) is 35.7 Å². The molecule has 1 aromatic rings. The summed E-state index contributed by atoms with van der Waals surface area (Å²) < 4.78 is 5.55. The van der Waals surface area contributed by atoms with Gasteiger partial charge in [0.15, 0.2) is 5.88 Å². The number of ether oxygens (including phenoxy) is 1. The average molecular weight is 249 g/mol. The summed E-state index contributed by atoms with van der Waals surface area (Å²) in [6, 6.07) is 9.53. The van der Waals surface area contributed by atoms with Gasteiger partial charge in [-0.3, -0.25) is 0 Å². The van der Waals surface area contributed by atoms with Crippen LogP contribution < -0.4 is 5.73 Å². The molecule has 0 saturated carbocycles. The van der Waals surface area contributed by atoms with E-state index in [0.29, 0.717) is 10.6 Å². The van der Waals surface area contributed by atoms with Crippen molar-refractivity contribution in [2.45, 2.75) is 25.4 Å². The van der Waals surface area contributed by atoms with Gasteiger partial charge in [-0.2, -0.15) is 5.26 Å². The van der Waals surface area contributed by atoms with Crippen molar-refractivity contribution < 1.29 is 4.74 Å². The maximum Gasteiger partial charge on any atom is 0.199 e. The third-order valence-corrected chi connectivity index (χ3v) is 3.20. The molecule has 0 bridgehead atoms. The van der Waals surface area contributed by atoms with Crippen LogP contribution in [0.3, 0.4) is 0 Å². The minimum atomic E-state index is -0.511. The Kier molecular flexibility index (Phi) is 2.76. The van der Waals surface area contributed by atoms with Crippen LogP contribution in [0.5, 0.6) is 0 Å². The smallest absolute Gasteiger partial charge is 0.199 e. The molecule has 4 heteroatoms. The summed E-state index contributed by atoms with van der Waals surface area (Å²) in [5.74, 6) is 0.0715. The van der Waals surface area contributed by atoms with Gasteiger partial charge in [0.1, 0.15) is 17.2 Å². The molecule has 1 aliphatic rings. The number of halogens is 1. The van der Waals surface area contributed by atoms with E-state index in [0.717, 1.165) is 5.56 Å². The van der Waals surface area contributed by atoms with Crippen molar-refractivity contribution in [2.24, 2.45) is 5.73 Å². The summed E-state index contributed by atoms with van der Waals surface area (Å²) in [6.07, 6.45) is 0. The van der Waals surface area contributed by atoms with Crippen molar-refractivity contribution >= 4 is 11.6 Å². The Morgan fingerprint density at radius 1 is 1.35 bits per heavy atom. The lowest BCUT2D eigenvalue weighted by Gasteiger charge is -2.27. The first-order chi connectivity index (χ1) is 7.95. The van der Waals surface area contributed by atoms with Crippen LogP contribution in [0.4, 0.5) is 0 Å². The zero-order chi connectivity index (χ0) is 12.6. The summed E-state index contributed by atoms with van der Waals surface area (Å²) in [5, 5.41) is 9.83. The summed E-state index contributed by atoms with van der Waals surface area (Å²) in [7, 11) is 0. The highest BCUT2D eigenvalue weighted by Gasteiger charge is 2.43. The molecule has 1 aliphatic heterocycles. The van der Waals surface area contributed by atoms with Gasteiger partial charge in [-0.05, 0) is 31.5 Å². The Morgan fingerprint density at radius 2 is 1.94 bits per heavy atom. The van der Waals surface area contributed by atoms with Crippen molar-refractivity contribution in [2.75, 3.05) is 0 Å². The van der Waals surface area contributed by atoms with Crippen LogP contribution in [0.2, 0.25) is 5.02 Å². The van der Waals surface area contributed by atoms with Crippen LogP contribution in [-0.2, 0) is 4.74 Å². The van der Waals surface area contributed by atoms with Crippen molar-refractivity contribution in [1.29, 1.82) is 5.26 Å². The molecule has 0 spiro atoms. The molecule has 0 saturated heterocycles. The lowest BCUT2D eigenvalue weighted by Crippen LogP contribution is -2.28. The minimum Gasteiger partial charge on any atom is -0.472 e. The van der Waals surface area contributed by atoms with Gasteiger partial charge < -0.3 is 10.5 Å². The monoisotopic (exact) mass is 248 g/mol. The van der Waals surface area contributed by atoms with Gasteiger partial charge in [0, 0.05) is 5.02 Å². The summed E-state index contributed by atoms with van der Waals surface area (Å²) in [6.45, 7) is 3.84. The number of nitrogens with zero attached hydrogens (tertiary/aromatic N) is 1. The highest BCUT2D eigenvalue weighted by Crippen LogP contribution is 2.44. The predicted octanol–water partition coefficient (Wildman–Crippen LogP) is 2.93. The topological polar surface area (TPSA) is 59.0 Å². The molecule has 0 amide bonds. The zero-order valence-corrected chi connectivity index (χ0v) is 10.5. The van der Waals surface area contributed by atoms with Gasteiger partial charge in [0.25, 0.3) is 0 Å². The van der Waals surface area contributed by atoms with Gasteiger partial charge in [0.2, 0.25) is 0 Å². The molecular weight excluding hydrogens is 236 g/mol. The Bertz CT molecular complexity index is 511. The highest BCUT2D eigenvalue weighted by molar-refractivity contribution is 6.30. The van der Waals surface area contributed by atoms with Crippen LogP contribution in [0, 0.1) is 11.3 Å². The number of nitriles is 1. The minimum absolute atomic E-state index is 0.148. The van der Waals surface area contributed by atoms with Gasteiger partial charge in [-0.15, -0.1) is 0 Å². The molecule has 17 heavy (non-hydrogen) atoms. The van der Waals surface area contributed by atoms with Crippen molar-refractivity contribution in [1.82, 2.24) is 0 Å². The van der Waals surface area contributed by atoms with E-state index in [9.17, 15) is 0 Å². The quantitative estimate of drug-likeness (QED) is 0.831. The standard InChI is InChI=1S/C13H13ClN2O/c1-13(2)11(10(7-15)12(16)17-13)8-3-5-9(14)6-4-8/h3-6,11H,16H2,1-2H3. The predicted molar refractivity (Wildman–Crippen MR) is 66.2 cm³/mol. The second-order valence-electron chi connectivity index (χ2n) is 4.58. The first-order valence-electron chi connectivity index (χ1n) is 5.30. The van der Waals surface area contributed by atoms with E-state index >= 15 is 0 Å². The van der Waals surface area contributed by atoms with Gasteiger partial charge in [-0.25, -0.2) is 0 Å². The van der Waals surface area contributed by atoms with E-state index in [-0.39, 0.29) is 11.8 Å². The third-order valence-electron chi connectivity index (χ3n) is 2.95. The maximum absolute atomic E-state index is 9.16. The number of hydrogen-bond acceptors (Lipinski definition) is 3. The van der Waals surface area contributed by atoms with Gasteiger partial charge in [-0.1, -0.05) is 23.7 Å². The van der Waals surface area contributed by atoms with Gasteiger partial charge >= 0.3 is 0 Å². The lowest BCUT2D eigenvalue weighted by atomic mass is 9.81. The highest BCUT2D eigenvalue weighted by atomic mass is 35.5. The molecule has 0 aromatic heterocycles. The summed E-state index contributed by atoms with van der Waals surface area (Å²) in [5.41, 5.74) is 6.69. The van der Waals surface area contributed by atoms with Crippen molar-refractivity contribution in [3.63, 3.8) is 0 Å². The molecule has 0 fully saturated rings. The molecule has 2 N–H and O–H groups in total. The SMILES string of the molecule is CC1(C)OC(N)=C(C#N)C1c1ccc(Cl)cc1. The van der Waals surface area contributed by atoms with Gasteiger partial charge in [0.05, 0.1) is 5.92 Å². The molecule has 0 aliphatic carbocycles. The molecule has 3 nitrogen and oxygen atoms in total. The van der Waals surface area contributed by atoms with E-state index in [1.807, 2.05) is 26.0 Å². The van der Waals surface area contributed by atoms with E-state index in [2.05, 4.69) is 6.07 Å². The Labute approximate surface area is 105 Å². The van der Waals surface area contributed by atoms with Crippen LogP contribution >= 0.6 is 11.6 Å². The maximum atomic E-state index is 9.16. The Balaban J connectivity index is 2.49. The first kappa shape index (κ1) is 11.8. The number of benzene rings is 1. The molecule has 1 heterocycles. The van der Waals surface area contributed by atoms with E-state index < -0.39 is 5.60 Å². The average Bonchev–Trinajstić information content (AvgIpc) is 2.49. The summed E-state index contributed by atoms with van der Waals surface area (Å²) in [4.78, 5) is 0. The van der Waals surface area contributed by atoms with Crippen molar-refractivity contribution in [3.8, 4) is 6.07 Å². The zero-order valence-electron chi connectivity index (χ0n) is 9.70. The molecule has 2 rings (SSSR count). The fourth-order valence-electron chi connectivity index (χ4n) is 2.23. The Morgan fingerprint density at radius 3 is 2.47 bits per heavy atom. The first-order valence-corrected chi connectivity index (χ1v) is 5.67. The van der Waals surface area contributed by atoms with Crippen LogP contribution in [0.1, 0.15) is 25.3 Å². The van der Waals surface area contributed by atoms with Crippen LogP contribution in [0.25, 0.3) is 0 Å². The van der Waals surface area contributed by atoms with Crippen molar-refractivity contribution in [3.05, 3.63) is 46.3 Å². The summed E-state index contributed by atoms with van der Waals surface area (Å²) >= 11 is 5.86. The fraction of sp³-hybridized carbons (Fsp3) is 0.308. The molecular formula is C13H13ClN2O.